The first-order chi connectivity index (χ1) is 12.2. The molecule has 1 aliphatic rings. The normalized spacial score (nSPS) is 17.6. The number of carbonyl (C=O) groups is 1. The third kappa shape index (κ3) is 3.13. The average molecular weight is 337 g/mol. The van der Waals surface area contributed by atoms with Crippen LogP contribution in [-0.4, -0.2) is 27.2 Å². The summed E-state index contributed by atoms with van der Waals surface area (Å²) in [7, 11) is 0. The van der Waals surface area contributed by atoms with Gasteiger partial charge in [0.2, 0.25) is 0 Å². The van der Waals surface area contributed by atoms with E-state index in [1.54, 1.807) is 12.4 Å². The second-order valence-electron chi connectivity index (χ2n) is 6.14. The number of hydrogen-bond acceptors (Lipinski definition) is 5. The summed E-state index contributed by atoms with van der Waals surface area (Å²) in [6.45, 7) is 2.25. The lowest BCUT2D eigenvalue weighted by molar-refractivity contribution is -0.0368. The number of ether oxygens (including phenoxy) is 2. The fraction of sp³-hybridized carbons (Fsp3) is 0.316. The zero-order valence-corrected chi connectivity index (χ0v) is 14.0. The van der Waals surface area contributed by atoms with E-state index < -0.39 is 0 Å². The minimum Gasteiger partial charge on any atom is -0.456 e. The number of ketones is 1. The van der Waals surface area contributed by atoms with Crippen LogP contribution in [0.4, 0.5) is 0 Å². The number of benzene rings is 1. The molecule has 0 radical (unpaired) electrons. The molecule has 128 valence electrons. The quantitative estimate of drug-likeness (QED) is 0.670. The van der Waals surface area contributed by atoms with E-state index in [0.717, 1.165) is 30.2 Å². The lowest BCUT2D eigenvalue weighted by atomic mass is 10.1. The number of aromatic nitrogens is 3. The Kier molecular flexibility index (Phi) is 4.19. The van der Waals surface area contributed by atoms with Crippen LogP contribution in [0.5, 0.6) is 11.5 Å². The van der Waals surface area contributed by atoms with Gasteiger partial charge in [0.05, 0.1) is 11.7 Å². The number of fused-ring (bicyclic) bond motifs is 1. The molecular formula is C19H19N3O3. The van der Waals surface area contributed by atoms with Crippen molar-refractivity contribution < 1.29 is 14.3 Å². The Hall–Kier alpha value is -2.73. The van der Waals surface area contributed by atoms with Gasteiger partial charge in [-0.2, -0.15) is 5.10 Å². The number of rotatable bonds is 4. The Morgan fingerprint density at radius 3 is 2.92 bits per heavy atom. The Morgan fingerprint density at radius 2 is 2.20 bits per heavy atom. The van der Waals surface area contributed by atoms with Gasteiger partial charge in [0, 0.05) is 31.2 Å². The number of pyridine rings is 1. The van der Waals surface area contributed by atoms with Crippen molar-refractivity contribution in [3.8, 4) is 11.5 Å². The predicted molar refractivity (Wildman–Crippen MR) is 92.9 cm³/mol. The molecule has 4 rings (SSSR count). The minimum atomic E-state index is -0.141. The first kappa shape index (κ1) is 15.8. The van der Waals surface area contributed by atoms with Crippen LogP contribution < -0.4 is 4.74 Å². The van der Waals surface area contributed by atoms with E-state index >= 15 is 0 Å². The van der Waals surface area contributed by atoms with Crippen molar-refractivity contribution in [1.82, 2.24) is 14.8 Å². The highest BCUT2D eigenvalue weighted by Gasteiger charge is 2.22. The summed E-state index contributed by atoms with van der Waals surface area (Å²) in [6.07, 6.45) is 6.26. The van der Waals surface area contributed by atoms with Crippen LogP contribution in [-0.2, 0) is 4.74 Å². The monoisotopic (exact) mass is 337 g/mol. The standard InChI is InChI=1S/C19H19N3O3/c1-13(23)19-16-8-7-14(25-15-5-4-9-20-12-15)11-17(16)22(21-19)18-6-2-3-10-24-18/h4-5,7-9,11-12,18H,2-3,6,10H2,1H3. The minimum absolute atomic E-state index is 0.0551. The van der Waals surface area contributed by atoms with Crippen molar-refractivity contribution in [2.24, 2.45) is 0 Å². The molecule has 2 aromatic heterocycles. The molecule has 0 amide bonds. The van der Waals surface area contributed by atoms with E-state index in [1.165, 1.54) is 6.92 Å². The van der Waals surface area contributed by atoms with Gasteiger partial charge in [-0.25, -0.2) is 4.68 Å². The van der Waals surface area contributed by atoms with Gasteiger partial charge >= 0.3 is 0 Å². The lowest BCUT2D eigenvalue weighted by Gasteiger charge is -2.23. The second-order valence-corrected chi connectivity index (χ2v) is 6.14. The fourth-order valence-corrected chi connectivity index (χ4v) is 3.12. The molecule has 0 saturated carbocycles. The molecule has 6 heteroatoms. The highest BCUT2D eigenvalue weighted by atomic mass is 16.5. The van der Waals surface area contributed by atoms with E-state index in [2.05, 4.69) is 10.1 Å². The molecule has 3 aromatic rings. The molecule has 25 heavy (non-hydrogen) atoms. The molecule has 1 unspecified atom stereocenters. The third-order valence-electron chi connectivity index (χ3n) is 4.31. The molecule has 0 spiro atoms. The predicted octanol–water partition coefficient (Wildman–Crippen LogP) is 4.13. The largest absolute Gasteiger partial charge is 0.456 e. The second kappa shape index (κ2) is 6.64. The molecule has 1 aliphatic heterocycles. The van der Waals surface area contributed by atoms with Crippen LogP contribution >= 0.6 is 0 Å². The number of carbonyl (C=O) groups excluding carboxylic acids is 1. The summed E-state index contributed by atoms with van der Waals surface area (Å²) >= 11 is 0. The third-order valence-corrected chi connectivity index (χ3v) is 4.31. The van der Waals surface area contributed by atoms with E-state index in [0.29, 0.717) is 23.8 Å². The summed E-state index contributed by atoms with van der Waals surface area (Å²) in [6, 6.07) is 9.29. The summed E-state index contributed by atoms with van der Waals surface area (Å²) < 4.78 is 13.6. The van der Waals surface area contributed by atoms with Crippen LogP contribution in [0.15, 0.2) is 42.7 Å². The maximum Gasteiger partial charge on any atom is 0.180 e. The smallest absolute Gasteiger partial charge is 0.180 e. The van der Waals surface area contributed by atoms with E-state index in [-0.39, 0.29) is 12.0 Å². The zero-order valence-electron chi connectivity index (χ0n) is 14.0. The molecule has 6 nitrogen and oxygen atoms in total. The first-order valence-electron chi connectivity index (χ1n) is 8.45. The topological polar surface area (TPSA) is 66.2 Å². The van der Waals surface area contributed by atoms with E-state index in [1.807, 2.05) is 35.0 Å². The van der Waals surface area contributed by atoms with Crippen molar-refractivity contribution in [3.63, 3.8) is 0 Å². The van der Waals surface area contributed by atoms with Crippen LogP contribution in [0, 0.1) is 0 Å². The molecule has 3 heterocycles. The Labute approximate surface area is 145 Å². The number of Topliss-reactive ketones (excluding diaryl/α,β-unsaturated/α-hetero) is 1. The van der Waals surface area contributed by atoms with Gasteiger partial charge < -0.3 is 9.47 Å². The van der Waals surface area contributed by atoms with Crippen molar-refractivity contribution in [3.05, 3.63) is 48.4 Å². The van der Waals surface area contributed by atoms with Crippen molar-refractivity contribution in [2.75, 3.05) is 6.61 Å². The van der Waals surface area contributed by atoms with E-state index in [4.69, 9.17) is 9.47 Å². The maximum absolute atomic E-state index is 12.0. The highest BCUT2D eigenvalue weighted by molar-refractivity contribution is 6.05. The van der Waals surface area contributed by atoms with Gasteiger partial charge in [0.1, 0.15) is 17.2 Å². The molecule has 1 saturated heterocycles. The molecular weight excluding hydrogens is 318 g/mol. The molecule has 0 aliphatic carbocycles. The Morgan fingerprint density at radius 1 is 1.28 bits per heavy atom. The van der Waals surface area contributed by atoms with Gasteiger partial charge in [-0.1, -0.05) is 0 Å². The first-order valence-corrected chi connectivity index (χ1v) is 8.45. The molecule has 1 aromatic carbocycles. The molecule has 1 atom stereocenters. The molecule has 0 N–H and O–H groups in total. The van der Waals surface area contributed by atoms with Crippen molar-refractivity contribution in [2.45, 2.75) is 32.4 Å². The lowest BCUT2D eigenvalue weighted by Crippen LogP contribution is -2.19. The summed E-state index contributed by atoms with van der Waals surface area (Å²) in [4.78, 5) is 16.0. The Bertz CT molecular complexity index is 899. The number of hydrogen-bond donors (Lipinski definition) is 0. The zero-order chi connectivity index (χ0) is 17.2. The average Bonchev–Trinajstić information content (AvgIpc) is 3.02. The van der Waals surface area contributed by atoms with Crippen LogP contribution in [0.3, 0.4) is 0 Å². The van der Waals surface area contributed by atoms with E-state index in [9.17, 15) is 4.79 Å². The SMILES string of the molecule is CC(=O)c1nn(C2CCCCO2)c2cc(Oc3cccnc3)ccc12. The Balaban J connectivity index is 1.77. The van der Waals surface area contributed by atoms with Gasteiger partial charge in [0.25, 0.3) is 0 Å². The summed E-state index contributed by atoms with van der Waals surface area (Å²) in [5.74, 6) is 1.28. The fourth-order valence-electron chi connectivity index (χ4n) is 3.12. The van der Waals surface area contributed by atoms with Crippen LogP contribution in [0.2, 0.25) is 0 Å². The van der Waals surface area contributed by atoms with Crippen LogP contribution in [0.1, 0.15) is 42.9 Å². The van der Waals surface area contributed by atoms with Crippen molar-refractivity contribution >= 4 is 16.7 Å². The highest BCUT2D eigenvalue weighted by Crippen LogP contribution is 2.31. The van der Waals surface area contributed by atoms with Crippen molar-refractivity contribution in [1.29, 1.82) is 0 Å². The van der Waals surface area contributed by atoms with Gasteiger partial charge in [-0.05, 0) is 43.5 Å². The van der Waals surface area contributed by atoms with Gasteiger partial charge in [-0.3, -0.25) is 9.78 Å². The van der Waals surface area contributed by atoms with Gasteiger partial charge in [0.15, 0.2) is 12.0 Å². The van der Waals surface area contributed by atoms with Gasteiger partial charge in [-0.15, -0.1) is 0 Å². The summed E-state index contributed by atoms with van der Waals surface area (Å²) in [5, 5.41) is 5.35. The maximum atomic E-state index is 12.0. The molecule has 1 fully saturated rings. The summed E-state index contributed by atoms with van der Waals surface area (Å²) in [5.41, 5.74) is 1.32. The number of nitrogens with zero attached hydrogens (tertiary/aromatic N) is 3. The molecule has 0 bridgehead atoms. The van der Waals surface area contributed by atoms with Crippen LogP contribution in [0.25, 0.3) is 10.9 Å².